The molecule has 0 bridgehead atoms. The Balaban J connectivity index is 3.15. The predicted octanol–water partition coefficient (Wildman–Crippen LogP) is 3.71. The second-order valence-corrected chi connectivity index (χ2v) is 4.74. The van der Waals surface area contributed by atoms with Crippen molar-refractivity contribution >= 4 is 15.9 Å². The molecule has 0 fully saturated rings. The first-order valence-corrected chi connectivity index (χ1v) is 5.28. The maximum atomic E-state index is 13.6. The Morgan fingerprint density at radius 3 is 2.36 bits per heavy atom. The van der Waals surface area contributed by atoms with Crippen molar-refractivity contribution in [1.82, 2.24) is 0 Å². The molecule has 0 spiro atoms. The van der Waals surface area contributed by atoms with Crippen molar-refractivity contribution in [3.63, 3.8) is 0 Å². The summed E-state index contributed by atoms with van der Waals surface area (Å²) in [6.07, 6.45) is -0.525. The van der Waals surface area contributed by atoms with Gasteiger partial charge in [0.25, 0.3) is 0 Å². The fourth-order valence-electron chi connectivity index (χ4n) is 1.27. The van der Waals surface area contributed by atoms with Gasteiger partial charge in [-0.25, -0.2) is 4.39 Å². The van der Waals surface area contributed by atoms with Gasteiger partial charge in [-0.1, -0.05) is 28.1 Å². The van der Waals surface area contributed by atoms with Gasteiger partial charge in [0.1, 0.15) is 5.67 Å². The molecule has 0 saturated heterocycles. The zero-order valence-electron chi connectivity index (χ0n) is 8.51. The predicted molar refractivity (Wildman–Crippen MR) is 58.9 cm³/mol. The van der Waals surface area contributed by atoms with Crippen molar-refractivity contribution in [2.75, 3.05) is 0 Å². The van der Waals surface area contributed by atoms with E-state index in [1.807, 2.05) is 0 Å². The number of halogens is 2. The first-order chi connectivity index (χ1) is 6.32. The van der Waals surface area contributed by atoms with E-state index in [2.05, 4.69) is 15.9 Å². The molecular weight excluding hydrogens is 247 g/mol. The lowest BCUT2D eigenvalue weighted by molar-refractivity contribution is 0.198. The Kier molecular flexibility index (Phi) is 3.32. The van der Waals surface area contributed by atoms with Crippen LogP contribution in [0.3, 0.4) is 0 Å². The van der Waals surface area contributed by atoms with E-state index in [9.17, 15) is 9.50 Å². The lowest BCUT2D eigenvalue weighted by Gasteiger charge is -2.17. The van der Waals surface area contributed by atoms with Gasteiger partial charge in [0.2, 0.25) is 0 Å². The standard InChI is InChI=1S/C11H14BrFO/c1-7(14)8-4-5-9(10(12)6-8)11(2,3)13/h4-7,14H,1-3H3. The summed E-state index contributed by atoms with van der Waals surface area (Å²) in [6.45, 7) is 4.70. The minimum absolute atomic E-state index is 0.525. The normalized spacial score (nSPS) is 14.1. The molecule has 1 atom stereocenters. The molecule has 1 nitrogen and oxygen atoms in total. The van der Waals surface area contributed by atoms with Gasteiger partial charge >= 0.3 is 0 Å². The average molecular weight is 261 g/mol. The summed E-state index contributed by atoms with van der Waals surface area (Å²) >= 11 is 3.30. The highest BCUT2D eigenvalue weighted by molar-refractivity contribution is 9.10. The average Bonchev–Trinajstić information content (AvgIpc) is 2.01. The number of aliphatic hydroxyl groups is 1. The van der Waals surface area contributed by atoms with Crippen molar-refractivity contribution < 1.29 is 9.50 Å². The number of hydrogen-bond donors (Lipinski definition) is 1. The highest BCUT2D eigenvalue weighted by Crippen LogP contribution is 2.32. The van der Waals surface area contributed by atoms with E-state index in [1.165, 1.54) is 13.8 Å². The molecular formula is C11H14BrFO. The Hall–Kier alpha value is -0.410. The van der Waals surface area contributed by atoms with Crippen LogP contribution < -0.4 is 0 Å². The maximum Gasteiger partial charge on any atom is 0.131 e. The van der Waals surface area contributed by atoms with Crippen molar-refractivity contribution in [1.29, 1.82) is 0 Å². The quantitative estimate of drug-likeness (QED) is 0.860. The van der Waals surface area contributed by atoms with Crippen LogP contribution in [0.15, 0.2) is 22.7 Å². The lowest BCUT2D eigenvalue weighted by atomic mass is 9.98. The summed E-state index contributed by atoms with van der Waals surface area (Å²) in [5.41, 5.74) is 0.0163. The summed E-state index contributed by atoms with van der Waals surface area (Å²) in [4.78, 5) is 0. The topological polar surface area (TPSA) is 20.2 Å². The molecule has 1 aromatic carbocycles. The van der Waals surface area contributed by atoms with E-state index < -0.39 is 11.8 Å². The Morgan fingerprint density at radius 1 is 1.43 bits per heavy atom. The van der Waals surface area contributed by atoms with Gasteiger partial charge in [0.15, 0.2) is 0 Å². The molecule has 0 aliphatic rings. The third-order valence-corrected chi connectivity index (χ3v) is 2.77. The van der Waals surface area contributed by atoms with Crippen LogP contribution in [0.5, 0.6) is 0 Å². The molecule has 0 saturated carbocycles. The van der Waals surface area contributed by atoms with Gasteiger partial charge in [-0.3, -0.25) is 0 Å². The first kappa shape index (κ1) is 11.7. The van der Waals surface area contributed by atoms with Crippen LogP contribution in [-0.2, 0) is 5.67 Å². The molecule has 0 aliphatic carbocycles. The Morgan fingerprint density at radius 2 is 2.00 bits per heavy atom. The molecule has 1 rings (SSSR count). The third kappa shape index (κ3) is 2.55. The monoisotopic (exact) mass is 260 g/mol. The van der Waals surface area contributed by atoms with Crippen LogP contribution in [-0.4, -0.2) is 5.11 Å². The molecule has 1 aromatic rings. The summed E-state index contributed by atoms with van der Waals surface area (Å²) in [5.74, 6) is 0. The minimum Gasteiger partial charge on any atom is -0.389 e. The number of benzene rings is 1. The summed E-state index contributed by atoms with van der Waals surface area (Å²) in [7, 11) is 0. The Bertz CT molecular complexity index is 329. The molecule has 1 N–H and O–H groups in total. The van der Waals surface area contributed by atoms with Crippen LogP contribution in [0.25, 0.3) is 0 Å². The largest absolute Gasteiger partial charge is 0.389 e. The van der Waals surface area contributed by atoms with Crippen molar-refractivity contribution in [2.24, 2.45) is 0 Å². The molecule has 0 amide bonds. The lowest BCUT2D eigenvalue weighted by Crippen LogP contribution is -2.10. The van der Waals surface area contributed by atoms with E-state index in [0.717, 1.165) is 5.56 Å². The number of alkyl halides is 1. The first-order valence-electron chi connectivity index (χ1n) is 4.49. The van der Waals surface area contributed by atoms with Gasteiger partial charge in [0, 0.05) is 10.0 Å². The van der Waals surface area contributed by atoms with Crippen LogP contribution in [0.1, 0.15) is 38.0 Å². The van der Waals surface area contributed by atoms with E-state index in [-0.39, 0.29) is 0 Å². The maximum absolute atomic E-state index is 13.6. The summed E-state index contributed by atoms with van der Waals surface area (Å²) in [5, 5.41) is 9.33. The molecule has 14 heavy (non-hydrogen) atoms. The third-order valence-electron chi connectivity index (χ3n) is 2.12. The van der Waals surface area contributed by atoms with Crippen LogP contribution >= 0.6 is 15.9 Å². The van der Waals surface area contributed by atoms with Gasteiger partial charge in [-0.15, -0.1) is 0 Å². The summed E-state index contributed by atoms with van der Waals surface area (Å²) in [6, 6.07) is 5.19. The van der Waals surface area contributed by atoms with E-state index in [4.69, 9.17) is 0 Å². The molecule has 3 heteroatoms. The van der Waals surface area contributed by atoms with E-state index in [1.54, 1.807) is 25.1 Å². The highest BCUT2D eigenvalue weighted by Gasteiger charge is 2.21. The zero-order valence-corrected chi connectivity index (χ0v) is 10.1. The fourth-order valence-corrected chi connectivity index (χ4v) is 2.14. The summed E-state index contributed by atoms with van der Waals surface area (Å²) < 4.78 is 14.3. The molecule has 0 radical (unpaired) electrons. The Labute approximate surface area is 92.1 Å². The fraction of sp³-hybridized carbons (Fsp3) is 0.455. The number of hydrogen-bond acceptors (Lipinski definition) is 1. The molecule has 1 unspecified atom stereocenters. The highest BCUT2D eigenvalue weighted by atomic mass is 79.9. The van der Waals surface area contributed by atoms with E-state index >= 15 is 0 Å². The van der Waals surface area contributed by atoms with Crippen molar-refractivity contribution in [3.8, 4) is 0 Å². The molecule has 0 heterocycles. The van der Waals surface area contributed by atoms with Crippen LogP contribution in [0.2, 0.25) is 0 Å². The van der Waals surface area contributed by atoms with Crippen molar-refractivity contribution in [2.45, 2.75) is 32.5 Å². The number of rotatable bonds is 2. The number of aliphatic hydroxyl groups excluding tert-OH is 1. The smallest absolute Gasteiger partial charge is 0.131 e. The van der Waals surface area contributed by atoms with Gasteiger partial charge in [-0.05, 0) is 32.4 Å². The molecule has 0 aliphatic heterocycles. The SMILES string of the molecule is CC(O)c1ccc(C(C)(C)F)c(Br)c1. The second kappa shape index (κ2) is 3.99. The molecule has 0 aromatic heterocycles. The van der Waals surface area contributed by atoms with E-state index in [0.29, 0.717) is 10.0 Å². The molecule has 78 valence electrons. The van der Waals surface area contributed by atoms with Gasteiger partial charge < -0.3 is 5.11 Å². The van der Waals surface area contributed by atoms with Crippen LogP contribution in [0.4, 0.5) is 4.39 Å². The van der Waals surface area contributed by atoms with Crippen molar-refractivity contribution in [3.05, 3.63) is 33.8 Å². The van der Waals surface area contributed by atoms with Gasteiger partial charge in [0.05, 0.1) is 6.10 Å². The zero-order chi connectivity index (χ0) is 10.9. The second-order valence-electron chi connectivity index (χ2n) is 3.89. The van der Waals surface area contributed by atoms with Gasteiger partial charge in [-0.2, -0.15) is 0 Å². The van der Waals surface area contributed by atoms with Crippen LogP contribution in [0, 0.1) is 0 Å². The minimum atomic E-state index is -1.37.